The summed E-state index contributed by atoms with van der Waals surface area (Å²) in [6, 6.07) is 22.4. The minimum Gasteiger partial charge on any atom is -0.279 e. The zero-order valence-electron chi connectivity index (χ0n) is 22.0. The van der Waals surface area contributed by atoms with E-state index in [0.29, 0.717) is 42.2 Å². The third kappa shape index (κ3) is 5.53. The Labute approximate surface area is 229 Å². The summed E-state index contributed by atoms with van der Waals surface area (Å²) < 4.78 is 29.3. The van der Waals surface area contributed by atoms with Gasteiger partial charge in [0, 0.05) is 18.7 Å². The van der Waals surface area contributed by atoms with Crippen LogP contribution < -0.4 is 4.90 Å². The van der Waals surface area contributed by atoms with E-state index in [1.165, 1.54) is 16.9 Å². The summed E-state index contributed by atoms with van der Waals surface area (Å²) in [5, 5.41) is 0.620. The van der Waals surface area contributed by atoms with Crippen molar-refractivity contribution >= 4 is 42.6 Å². The molecule has 0 bridgehead atoms. The normalized spacial score (nSPS) is 18.5. The first-order valence-corrected chi connectivity index (χ1v) is 15.4. The molecule has 1 aliphatic heterocycles. The van der Waals surface area contributed by atoms with Gasteiger partial charge < -0.3 is 0 Å². The summed E-state index contributed by atoms with van der Waals surface area (Å²) in [6.07, 6.45) is 1.96. The van der Waals surface area contributed by atoms with Crippen LogP contribution >= 0.6 is 11.3 Å². The molecule has 5 rings (SSSR count). The van der Waals surface area contributed by atoms with E-state index in [9.17, 15) is 13.2 Å². The monoisotopic (exact) mass is 547 g/mol. The Kier molecular flexibility index (Phi) is 7.66. The number of sulfonamides is 1. The van der Waals surface area contributed by atoms with E-state index in [0.717, 1.165) is 28.6 Å². The molecule has 8 heteroatoms. The number of hydrogen-bond donors (Lipinski definition) is 0. The van der Waals surface area contributed by atoms with Crippen LogP contribution in [0.5, 0.6) is 0 Å². The zero-order chi connectivity index (χ0) is 26.9. The molecular weight excluding hydrogens is 514 g/mol. The quantitative estimate of drug-likeness (QED) is 0.269. The topological polar surface area (TPSA) is 70.6 Å². The van der Waals surface area contributed by atoms with Crippen molar-refractivity contribution in [3.05, 3.63) is 89.5 Å². The van der Waals surface area contributed by atoms with Crippen LogP contribution in [0.4, 0.5) is 5.13 Å². The van der Waals surface area contributed by atoms with Crippen LogP contribution in [-0.2, 0) is 23.0 Å². The molecule has 0 spiro atoms. The van der Waals surface area contributed by atoms with Crippen LogP contribution in [0.25, 0.3) is 10.2 Å². The van der Waals surface area contributed by atoms with E-state index >= 15 is 0 Å². The van der Waals surface area contributed by atoms with Gasteiger partial charge in [0.15, 0.2) is 5.13 Å². The average molecular weight is 548 g/mol. The van der Waals surface area contributed by atoms with Crippen LogP contribution in [0, 0.1) is 11.8 Å². The molecule has 2 atom stereocenters. The third-order valence-electron chi connectivity index (χ3n) is 7.08. The second-order valence-corrected chi connectivity index (χ2v) is 13.3. The van der Waals surface area contributed by atoms with Gasteiger partial charge in [-0.2, -0.15) is 4.31 Å². The molecule has 1 saturated heterocycles. The Morgan fingerprint density at radius 1 is 0.974 bits per heavy atom. The fraction of sp³-hybridized carbons (Fsp3) is 0.333. The molecule has 198 valence electrons. The van der Waals surface area contributed by atoms with E-state index in [1.807, 2.05) is 36.4 Å². The van der Waals surface area contributed by atoms with Gasteiger partial charge >= 0.3 is 0 Å². The van der Waals surface area contributed by atoms with Gasteiger partial charge in [0.05, 0.1) is 21.7 Å². The number of benzene rings is 3. The number of aryl methyl sites for hydroxylation is 1. The van der Waals surface area contributed by atoms with Crippen molar-refractivity contribution in [3.8, 4) is 0 Å². The molecule has 6 nitrogen and oxygen atoms in total. The van der Waals surface area contributed by atoms with Gasteiger partial charge in [-0.05, 0) is 72.2 Å². The van der Waals surface area contributed by atoms with Gasteiger partial charge in [-0.25, -0.2) is 13.4 Å². The van der Waals surface area contributed by atoms with Crippen LogP contribution in [-0.4, -0.2) is 36.7 Å². The number of thiazole rings is 1. The minimum absolute atomic E-state index is 0.215. The van der Waals surface area contributed by atoms with Crippen molar-refractivity contribution in [2.75, 3.05) is 18.0 Å². The molecule has 0 saturated carbocycles. The maximum atomic E-state index is 13.8. The molecule has 0 aliphatic carbocycles. The molecule has 1 fully saturated rings. The Hall–Kier alpha value is -3.07. The average Bonchev–Trinajstić information content (AvgIpc) is 3.34. The standard InChI is InChI=1S/C30H33N3O3S2/c1-4-23-10-15-27-28(17-23)37-30(31-27)33(20-24-8-6-5-7-9-24)29(34)25-11-13-26(14-12-25)38(35,36)32-18-21(2)16-22(3)19-32/h5-15,17,21-22H,4,16,18-20H2,1-3H3. The molecule has 1 aliphatic rings. The Balaban J connectivity index is 1.45. The Bertz CT molecular complexity index is 1520. The summed E-state index contributed by atoms with van der Waals surface area (Å²) in [6.45, 7) is 7.71. The number of hydrogen-bond acceptors (Lipinski definition) is 5. The molecular formula is C30H33N3O3S2. The number of rotatable bonds is 7. The summed E-state index contributed by atoms with van der Waals surface area (Å²) in [4.78, 5) is 20.5. The fourth-order valence-corrected chi connectivity index (χ4v) is 7.87. The van der Waals surface area contributed by atoms with Gasteiger partial charge in [-0.15, -0.1) is 0 Å². The lowest BCUT2D eigenvalue weighted by molar-refractivity contribution is 0.0985. The molecule has 0 radical (unpaired) electrons. The highest BCUT2D eigenvalue weighted by atomic mass is 32.2. The summed E-state index contributed by atoms with van der Waals surface area (Å²) >= 11 is 1.50. The van der Waals surface area contributed by atoms with E-state index < -0.39 is 10.0 Å². The number of nitrogens with zero attached hydrogens (tertiary/aromatic N) is 3. The van der Waals surface area contributed by atoms with Crippen molar-refractivity contribution in [2.24, 2.45) is 11.8 Å². The minimum atomic E-state index is -3.62. The van der Waals surface area contributed by atoms with Gasteiger partial charge in [0.25, 0.3) is 5.91 Å². The number of anilines is 1. The Morgan fingerprint density at radius 3 is 2.32 bits per heavy atom. The highest BCUT2D eigenvalue weighted by Gasteiger charge is 2.32. The predicted molar refractivity (Wildman–Crippen MR) is 154 cm³/mol. The molecule has 2 unspecified atom stereocenters. The zero-order valence-corrected chi connectivity index (χ0v) is 23.6. The summed E-state index contributed by atoms with van der Waals surface area (Å²) in [5.74, 6) is 0.430. The van der Waals surface area contributed by atoms with E-state index in [2.05, 4.69) is 32.9 Å². The molecule has 3 aromatic carbocycles. The van der Waals surface area contributed by atoms with E-state index in [1.54, 1.807) is 33.5 Å². The first kappa shape index (κ1) is 26.5. The fourth-order valence-electron chi connectivity index (χ4n) is 5.16. The number of aromatic nitrogens is 1. The number of amides is 1. The van der Waals surface area contributed by atoms with Crippen molar-refractivity contribution in [1.29, 1.82) is 0 Å². The van der Waals surface area contributed by atoms with Gasteiger partial charge in [-0.1, -0.05) is 68.5 Å². The molecule has 1 aromatic heterocycles. The second-order valence-electron chi connectivity index (χ2n) is 10.3. The number of carbonyl (C=O) groups excluding carboxylic acids is 1. The molecule has 38 heavy (non-hydrogen) atoms. The maximum absolute atomic E-state index is 13.8. The number of carbonyl (C=O) groups is 1. The Morgan fingerprint density at radius 2 is 1.66 bits per heavy atom. The molecule has 0 N–H and O–H groups in total. The van der Waals surface area contributed by atoms with E-state index in [-0.39, 0.29) is 10.8 Å². The van der Waals surface area contributed by atoms with Crippen molar-refractivity contribution < 1.29 is 13.2 Å². The first-order chi connectivity index (χ1) is 18.2. The predicted octanol–water partition coefficient (Wildman–Crippen LogP) is 6.37. The summed E-state index contributed by atoms with van der Waals surface area (Å²) in [7, 11) is -3.62. The van der Waals surface area contributed by atoms with Crippen molar-refractivity contribution in [2.45, 2.75) is 45.1 Å². The first-order valence-electron chi connectivity index (χ1n) is 13.1. The van der Waals surface area contributed by atoms with Crippen molar-refractivity contribution in [3.63, 3.8) is 0 Å². The lowest BCUT2D eigenvalue weighted by atomic mass is 9.94. The van der Waals surface area contributed by atoms with Gasteiger partial charge in [-0.3, -0.25) is 9.69 Å². The lowest BCUT2D eigenvalue weighted by Crippen LogP contribution is -2.42. The largest absolute Gasteiger partial charge is 0.279 e. The number of fused-ring (bicyclic) bond motifs is 1. The SMILES string of the molecule is CCc1ccc2nc(N(Cc3ccccc3)C(=O)c3ccc(S(=O)(=O)N4CC(C)CC(C)C4)cc3)sc2c1. The third-order valence-corrected chi connectivity index (χ3v) is 9.97. The maximum Gasteiger partial charge on any atom is 0.260 e. The second kappa shape index (κ2) is 11.0. The van der Waals surface area contributed by atoms with Crippen molar-refractivity contribution in [1.82, 2.24) is 9.29 Å². The van der Waals surface area contributed by atoms with Crippen LogP contribution in [0.15, 0.2) is 77.7 Å². The lowest BCUT2D eigenvalue weighted by Gasteiger charge is -2.34. The smallest absolute Gasteiger partial charge is 0.260 e. The van der Waals surface area contributed by atoms with Crippen LogP contribution in [0.2, 0.25) is 0 Å². The molecule has 2 heterocycles. The van der Waals surface area contributed by atoms with Gasteiger partial charge in [0.1, 0.15) is 0 Å². The van der Waals surface area contributed by atoms with E-state index in [4.69, 9.17) is 4.98 Å². The summed E-state index contributed by atoms with van der Waals surface area (Å²) in [5.41, 5.74) is 3.50. The molecule has 1 amide bonds. The highest BCUT2D eigenvalue weighted by Crippen LogP contribution is 2.32. The molecule has 4 aromatic rings. The van der Waals surface area contributed by atoms with Gasteiger partial charge in [0.2, 0.25) is 10.0 Å². The number of piperidine rings is 1. The van der Waals surface area contributed by atoms with Crippen LogP contribution in [0.1, 0.15) is 48.7 Å². The van der Waals surface area contributed by atoms with Crippen LogP contribution in [0.3, 0.4) is 0 Å². The highest BCUT2D eigenvalue weighted by molar-refractivity contribution is 7.89.